The molecule has 2 aromatic heterocycles. The molecule has 0 fully saturated rings. The number of para-hydroxylation sites is 4. The quantitative estimate of drug-likeness (QED) is 0.133. The van der Waals surface area contributed by atoms with Crippen LogP contribution in [0.3, 0.4) is 0 Å². The lowest BCUT2D eigenvalue weighted by Crippen LogP contribution is -2.29. The predicted octanol–water partition coefficient (Wildman–Crippen LogP) is 15.0. The first-order chi connectivity index (χ1) is 31.0. The Labute approximate surface area is 373 Å². The van der Waals surface area contributed by atoms with Crippen LogP contribution in [0.5, 0.6) is 0 Å². The second-order valence-corrected chi connectivity index (χ2v) is 15.8. The molecular weight excluding hydrogens is 845 g/mol. The first kappa shape index (κ1) is 40.9. The van der Waals surface area contributed by atoms with Crippen molar-refractivity contribution in [1.29, 1.82) is 0 Å². The summed E-state index contributed by atoms with van der Waals surface area (Å²) in [4.78, 5) is 12.1. The minimum Gasteiger partial charge on any atom is -0.465 e. The van der Waals surface area contributed by atoms with Gasteiger partial charge in [-0.25, -0.2) is 4.79 Å². The fraction of sp³-hybridized carbons (Fsp3) is 0.0351. The lowest BCUT2D eigenvalue weighted by molar-refractivity contribution is 0.0601. The summed E-state index contributed by atoms with van der Waals surface area (Å²) in [7, 11) is 1.39. The highest BCUT2D eigenvalue weighted by Crippen LogP contribution is 2.44. The number of benzene rings is 9. The third kappa shape index (κ3) is 8.06. The number of halogens is 1. The van der Waals surface area contributed by atoms with E-state index in [1.165, 1.54) is 7.11 Å². The summed E-state index contributed by atoms with van der Waals surface area (Å²) >= 11 is 3.31. The molecule has 1 N–H and O–H groups in total. The number of esters is 1. The SMILES string of the molecule is Brc1ccccc1.COC(=O)c1ccccc1-c1cccc2c1oc1ccccc12.OC(c1ccccc1)(c1ccccc1)c1ccccc1-c1cccc2c1oc1ccccc12. The second kappa shape index (κ2) is 18.2. The van der Waals surface area contributed by atoms with Crippen molar-refractivity contribution in [3.8, 4) is 22.3 Å². The van der Waals surface area contributed by atoms with Crippen molar-refractivity contribution < 1.29 is 23.5 Å². The molecule has 0 amide bonds. The van der Waals surface area contributed by atoms with Gasteiger partial charge in [0, 0.05) is 42.7 Å². The molecule has 9 aromatic carbocycles. The molecule has 0 atom stereocenters. The molecule has 0 aliphatic rings. The third-order valence-corrected chi connectivity index (χ3v) is 11.7. The molecule has 11 rings (SSSR count). The van der Waals surface area contributed by atoms with Gasteiger partial charge in [-0.3, -0.25) is 0 Å². The molecule has 0 aliphatic heterocycles. The lowest BCUT2D eigenvalue weighted by Gasteiger charge is -2.32. The van der Waals surface area contributed by atoms with E-state index in [4.69, 9.17) is 13.6 Å². The van der Waals surface area contributed by atoms with Crippen LogP contribution in [0.25, 0.3) is 66.1 Å². The molecule has 0 spiro atoms. The molecule has 5 nitrogen and oxygen atoms in total. The largest absolute Gasteiger partial charge is 0.465 e. The summed E-state index contributed by atoms with van der Waals surface area (Å²) in [5, 5.41) is 16.7. The van der Waals surface area contributed by atoms with E-state index in [1.807, 2.05) is 188 Å². The number of hydrogen-bond acceptors (Lipinski definition) is 5. The van der Waals surface area contributed by atoms with Gasteiger partial charge in [-0.15, -0.1) is 0 Å². The van der Waals surface area contributed by atoms with Crippen LogP contribution < -0.4 is 0 Å². The zero-order valence-corrected chi connectivity index (χ0v) is 35.9. The molecular formula is C57H41BrO5. The van der Waals surface area contributed by atoms with Crippen molar-refractivity contribution in [1.82, 2.24) is 0 Å². The van der Waals surface area contributed by atoms with Gasteiger partial charge in [-0.05, 0) is 52.6 Å². The van der Waals surface area contributed by atoms with E-state index in [0.717, 1.165) is 87.3 Å². The topological polar surface area (TPSA) is 72.8 Å². The molecule has 0 aliphatic carbocycles. The van der Waals surface area contributed by atoms with Crippen LogP contribution in [0.15, 0.2) is 238 Å². The van der Waals surface area contributed by atoms with Gasteiger partial charge >= 0.3 is 5.97 Å². The van der Waals surface area contributed by atoms with Gasteiger partial charge in [0.25, 0.3) is 0 Å². The van der Waals surface area contributed by atoms with E-state index in [-0.39, 0.29) is 5.97 Å². The first-order valence-corrected chi connectivity index (χ1v) is 21.4. The number of rotatable bonds is 6. The Kier molecular flexibility index (Phi) is 11.8. The third-order valence-electron chi connectivity index (χ3n) is 11.2. The summed E-state index contributed by atoms with van der Waals surface area (Å²) < 4.78 is 18.4. The zero-order valence-electron chi connectivity index (χ0n) is 34.3. The van der Waals surface area contributed by atoms with Gasteiger partial charge in [-0.1, -0.05) is 210 Å². The molecule has 0 bridgehead atoms. The molecule has 2 heterocycles. The Hall–Kier alpha value is -7.51. The first-order valence-electron chi connectivity index (χ1n) is 20.6. The lowest BCUT2D eigenvalue weighted by atomic mass is 9.77. The summed E-state index contributed by atoms with van der Waals surface area (Å²) in [6.45, 7) is 0. The summed E-state index contributed by atoms with van der Waals surface area (Å²) in [6, 6.07) is 73.4. The van der Waals surface area contributed by atoms with Gasteiger partial charge < -0.3 is 18.7 Å². The van der Waals surface area contributed by atoms with Crippen molar-refractivity contribution >= 4 is 65.8 Å². The number of hydrogen-bond donors (Lipinski definition) is 1. The number of methoxy groups -OCH3 is 1. The van der Waals surface area contributed by atoms with Crippen molar-refractivity contribution in [2.45, 2.75) is 5.60 Å². The van der Waals surface area contributed by atoms with Crippen LogP contribution in [0.2, 0.25) is 0 Å². The summed E-state index contributed by atoms with van der Waals surface area (Å²) in [5.41, 5.74) is 8.57. The number of furan rings is 2. The Morgan fingerprint density at radius 2 is 0.841 bits per heavy atom. The Balaban J connectivity index is 0.000000145. The maximum absolute atomic E-state index is 12.4. The number of ether oxygens (including phenoxy) is 1. The van der Waals surface area contributed by atoms with Crippen LogP contribution in [0.4, 0.5) is 0 Å². The van der Waals surface area contributed by atoms with E-state index < -0.39 is 5.60 Å². The normalized spacial score (nSPS) is 11.2. The zero-order chi connectivity index (χ0) is 43.2. The van der Waals surface area contributed by atoms with Crippen LogP contribution >= 0.6 is 15.9 Å². The van der Waals surface area contributed by atoms with Crippen molar-refractivity contribution in [2.75, 3.05) is 7.11 Å². The van der Waals surface area contributed by atoms with Gasteiger partial charge in [0.1, 0.15) is 27.9 Å². The molecule has 11 aromatic rings. The number of fused-ring (bicyclic) bond motifs is 6. The molecule has 306 valence electrons. The van der Waals surface area contributed by atoms with E-state index in [9.17, 15) is 9.90 Å². The van der Waals surface area contributed by atoms with E-state index in [0.29, 0.717) is 5.56 Å². The fourth-order valence-corrected chi connectivity index (χ4v) is 8.51. The minimum atomic E-state index is -1.33. The average Bonchev–Trinajstić information content (AvgIpc) is 3.94. The maximum Gasteiger partial charge on any atom is 0.338 e. The maximum atomic E-state index is 12.4. The molecule has 0 saturated heterocycles. The highest BCUT2D eigenvalue weighted by atomic mass is 79.9. The van der Waals surface area contributed by atoms with Crippen molar-refractivity contribution in [3.05, 3.63) is 251 Å². The highest BCUT2D eigenvalue weighted by Gasteiger charge is 2.36. The van der Waals surface area contributed by atoms with Gasteiger partial charge in [0.2, 0.25) is 0 Å². The van der Waals surface area contributed by atoms with Gasteiger partial charge in [-0.2, -0.15) is 0 Å². The second-order valence-electron chi connectivity index (χ2n) is 14.9. The molecule has 0 radical (unpaired) electrons. The number of carbonyl (C=O) groups excluding carboxylic acids is 1. The van der Waals surface area contributed by atoms with E-state index in [1.54, 1.807) is 6.07 Å². The predicted molar refractivity (Wildman–Crippen MR) is 259 cm³/mol. The standard InChI is InChI=1S/C31H22O2.C20H14O3.C6H5Br/c32-31(22-12-3-1-4-13-22,23-14-5-2-6-15-23)28-20-9-7-16-24(28)26-18-11-19-27-25-17-8-10-21-29(25)33-30(26)27;1-22-20(21)17-9-3-2-7-13(17)15-10-6-11-16-14-8-4-5-12-18(14)23-19(15)16;7-6-4-2-1-3-5-6/h1-21,32H;2-12H,1H3;1-5H. The Bertz CT molecular complexity index is 3280. The summed E-state index contributed by atoms with van der Waals surface area (Å²) in [6.07, 6.45) is 0. The van der Waals surface area contributed by atoms with Crippen molar-refractivity contribution in [3.63, 3.8) is 0 Å². The van der Waals surface area contributed by atoms with Crippen LogP contribution in [-0.2, 0) is 10.3 Å². The smallest absolute Gasteiger partial charge is 0.338 e. The van der Waals surface area contributed by atoms with E-state index in [2.05, 4.69) is 46.3 Å². The summed E-state index contributed by atoms with van der Waals surface area (Å²) in [5.74, 6) is -0.353. The minimum absolute atomic E-state index is 0.353. The number of carbonyl (C=O) groups is 1. The highest BCUT2D eigenvalue weighted by molar-refractivity contribution is 9.10. The molecule has 0 saturated carbocycles. The molecule has 0 unspecified atom stereocenters. The van der Waals surface area contributed by atoms with E-state index >= 15 is 0 Å². The Morgan fingerprint density at radius 1 is 0.444 bits per heavy atom. The van der Waals surface area contributed by atoms with Gasteiger partial charge in [0.05, 0.1) is 12.7 Å². The average molecular weight is 886 g/mol. The van der Waals surface area contributed by atoms with Crippen LogP contribution in [0, 0.1) is 0 Å². The molecule has 63 heavy (non-hydrogen) atoms. The van der Waals surface area contributed by atoms with Crippen LogP contribution in [0.1, 0.15) is 27.0 Å². The fourth-order valence-electron chi connectivity index (χ4n) is 8.21. The number of aliphatic hydroxyl groups is 1. The van der Waals surface area contributed by atoms with Crippen molar-refractivity contribution in [2.24, 2.45) is 0 Å². The monoisotopic (exact) mass is 884 g/mol. The van der Waals surface area contributed by atoms with Gasteiger partial charge in [0.15, 0.2) is 0 Å². The molecule has 6 heteroatoms. The van der Waals surface area contributed by atoms with Crippen LogP contribution in [-0.4, -0.2) is 18.2 Å². The Morgan fingerprint density at radius 3 is 1.35 bits per heavy atom.